The Bertz CT molecular complexity index is 614. The van der Waals surface area contributed by atoms with E-state index in [2.05, 4.69) is 30.1 Å². The van der Waals surface area contributed by atoms with Crippen molar-refractivity contribution in [1.82, 2.24) is 0 Å². The summed E-state index contributed by atoms with van der Waals surface area (Å²) in [5.41, 5.74) is 3.69. The number of benzene rings is 1. The maximum Gasteiger partial charge on any atom is 0.150 e. The minimum absolute atomic E-state index is 0.0565. The van der Waals surface area contributed by atoms with E-state index in [9.17, 15) is 8.42 Å². The van der Waals surface area contributed by atoms with Crippen LogP contribution in [0.4, 0.5) is 5.69 Å². The molecule has 0 aromatic heterocycles. The number of hydrogen-bond donors (Lipinski definition) is 0. The molecule has 110 valence electrons. The van der Waals surface area contributed by atoms with Crippen LogP contribution < -0.4 is 4.90 Å². The number of halogens is 1. The number of aryl methyl sites for hydroxylation is 1. The minimum atomic E-state index is -2.87. The van der Waals surface area contributed by atoms with Crippen LogP contribution in [0.2, 0.25) is 0 Å². The Balaban J connectivity index is 1.84. The molecule has 1 fully saturated rings. The van der Waals surface area contributed by atoms with E-state index >= 15 is 0 Å². The molecular formula is C15H20ClNO2S. The lowest BCUT2D eigenvalue weighted by atomic mass is 9.93. The van der Waals surface area contributed by atoms with Crippen molar-refractivity contribution in [3.05, 3.63) is 29.3 Å². The monoisotopic (exact) mass is 313 g/mol. The Morgan fingerprint density at radius 3 is 2.90 bits per heavy atom. The van der Waals surface area contributed by atoms with Crippen LogP contribution in [-0.2, 0) is 16.3 Å². The molecule has 0 saturated carbocycles. The fourth-order valence-electron chi connectivity index (χ4n) is 3.30. The van der Waals surface area contributed by atoms with Gasteiger partial charge in [-0.2, -0.15) is 0 Å². The van der Waals surface area contributed by atoms with E-state index in [1.165, 1.54) is 11.3 Å². The second kappa shape index (κ2) is 5.23. The van der Waals surface area contributed by atoms with Crippen molar-refractivity contribution in [1.29, 1.82) is 0 Å². The van der Waals surface area contributed by atoms with E-state index in [1.54, 1.807) is 0 Å². The first kappa shape index (κ1) is 14.2. The summed E-state index contributed by atoms with van der Waals surface area (Å²) in [6.45, 7) is 1.09. The van der Waals surface area contributed by atoms with Gasteiger partial charge in [-0.25, -0.2) is 8.42 Å². The Labute approximate surface area is 125 Å². The molecule has 5 heteroatoms. The van der Waals surface area contributed by atoms with Gasteiger partial charge >= 0.3 is 0 Å². The van der Waals surface area contributed by atoms with Gasteiger partial charge in [0, 0.05) is 19.3 Å². The van der Waals surface area contributed by atoms with E-state index in [1.807, 2.05) is 0 Å². The molecule has 0 radical (unpaired) electrons. The number of hydrogen-bond acceptors (Lipinski definition) is 3. The quantitative estimate of drug-likeness (QED) is 0.788. The molecule has 2 aliphatic rings. The lowest BCUT2D eigenvalue weighted by Gasteiger charge is -2.28. The van der Waals surface area contributed by atoms with Crippen LogP contribution in [0.15, 0.2) is 18.2 Å². The van der Waals surface area contributed by atoms with Gasteiger partial charge in [-0.3, -0.25) is 0 Å². The Kier molecular flexibility index (Phi) is 3.71. The maximum atomic E-state index is 11.6. The molecule has 0 amide bonds. The third-order valence-corrected chi connectivity index (χ3v) is 6.86. The highest BCUT2D eigenvalue weighted by Crippen LogP contribution is 2.38. The van der Waals surface area contributed by atoms with E-state index in [0.29, 0.717) is 6.42 Å². The Morgan fingerprint density at radius 2 is 2.20 bits per heavy atom. The maximum absolute atomic E-state index is 11.6. The minimum Gasteiger partial charge on any atom is -0.374 e. The largest absolute Gasteiger partial charge is 0.374 e. The van der Waals surface area contributed by atoms with E-state index < -0.39 is 9.84 Å². The third kappa shape index (κ3) is 2.68. The summed E-state index contributed by atoms with van der Waals surface area (Å²) < 4.78 is 23.2. The SMILES string of the molecule is CN1CCCc2cc(C(Cl)C3CCS(=O)(=O)C3)ccc21. The van der Waals surface area contributed by atoms with E-state index in [-0.39, 0.29) is 22.8 Å². The molecule has 2 aliphatic heterocycles. The van der Waals surface area contributed by atoms with Crippen molar-refractivity contribution in [3.63, 3.8) is 0 Å². The molecule has 20 heavy (non-hydrogen) atoms. The summed E-state index contributed by atoms with van der Waals surface area (Å²) in [5, 5.41) is -0.190. The van der Waals surface area contributed by atoms with Gasteiger partial charge < -0.3 is 4.90 Å². The number of fused-ring (bicyclic) bond motifs is 1. The number of nitrogens with zero attached hydrogens (tertiary/aromatic N) is 1. The molecule has 2 unspecified atom stereocenters. The van der Waals surface area contributed by atoms with Gasteiger partial charge in [0.15, 0.2) is 9.84 Å². The molecule has 0 N–H and O–H groups in total. The average Bonchev–Trinajstić information content (AvgIpc) is 2.78. The van der Waals surface area contributed by atoms with Crippen LogP contribution in [0.25, 0.3) is 0 Å². The highest BCUT2D eigenvalue weighted by Gasteiger charge is 2.33. The molecule has 2 atom stereocenters. The first-order chi connectivity index (χ1) is 9.46. The molecule has 1 aromatic carbocycles. The lowest BCUT2D eigenvalue weighted by molar-refractivity contribution is 0.568. The first-order valence-electron chi connectivity index (χ1n) is 7.15. The first-order valence-corrected chi connectivity index (χ1v) is 9.40. The van der Waals surface area contributed by atoms with Crippen molar-refractivity contribution >= 4 is 27.1 Å². The molecule has 0 spiro atoms. The van der Waals surface area contributed by atoms with Crippen molar-refractivity contribution in [2.45, 2.75) is 24.6 Å². The molecule has 0 bridgehead atoms. The van der Waals surface area contributed by atoms with Crippen LogP contribution in [0.3, 0.4) is 0 Å². The van der Waals surface area contributed by atoms with Crippen LogP contribution in [-0.4, -0.2) is 33.5 Å². The fourth-order valence-corrected chi connectivity index (χ4v) is 5.60. The highest BCUT2D eigenvalue weighted by molar-refractivity contribution is 7.91. The van der Waals surface area contributed by atoms with Crippen molar-refractivity contribution < 1.29 is 8.42 Å². The van der Waals surface area contributed by atoms with Gasteiger partial charge in [0.05, 0.1) is 16.9 Å². The predicted molar refractivity (Wildman–Crippen MR) is 83.4 cm³/mol. The van der Waals surface area contributed by atoms with E-state index in [0.717, 1.165) is 24.9 Å². The van der Waals surface area contributed by atoms with Crippen LogP contribution in [0.1, 0.15) is 29.3 Å². The molecule has 0 aliphatic carbocycles. The Morgan fingerprint density at radius 1 is 1.40 bits per heavy atom. The van der Waals surface area contributed by atoms with Gasteiger partial charge in [-0.1, -0.05) is 12.1 Å². The lowest BCUT2D eigenvalue weighted by Crippen LogP contribution is -2.24. The third-order valence-electron chi connectivity index (χ3n) is 4.45. The second-order valence-corrected chi connectivity index (χ2v) is 8.68. The van der Waals surface area contributed by atoms with Crippen LogP contribution in [0.5, 0.6) is 0 Å². The van der Waals surface area contributed by atoms with Crippen molar-refractivity contribution in [3.8, 4) is 0 Å². The standard InChI is InChI=1S/C15H20ClNO2S/c1-17-7-2-3-11-9-12(4-5-14(11)17)15(16)13-6-8-20(18,19)10-13/h4-5,9,13,15H,2-3,6-8,10H2,1H3. The summed E-state index contributed by atoms with van der Waals surface area (Å²) in [6, 6.07) is 6.36. The van der Waals surface area contributed by atoms with Crippen molar-refractivity contribution in [2.75, 3.05) is 30.0 Å². The van der Waals surface area contributed by atoms with Crippen LogP contribution in [0, 0.1) is 5.92 Å². The second-order valence-electron chi connectivity index (χ2n) is 5.98. The molecule has 1 aromatic rings. The number of anilines is 1. The molecule has 3 nitrogen and oxygen atoms in total. The summed E-state index contributed by atoms with van der Waals surface area (Å²) in [4.78, 5) is 2.27. The average molecular weight is 314 g/mol. The number of rotatable bonds is 2. The van der Waals surface area contributed by atoms with Gasteiger partial charge in [-0.15, -0.1) is 11.6 Å². The fraction of sp³-hybridized carbons (Fsp3) is 0.600. The van der Waals surface area contributed by atoms with Gasteiger partial charge in [0.1, 0.15) is 0 Å². The number of alkyl halides is 1. The van der Waals surface area contributed by atoms with Crippen molar-refractivity contribution in [2.24, 2.45) is 5.92 Å². The molecule has 3 rings (SSSR count). The molecular weight excluding hydrogens is 294 g/mol. The summed E-state index contributed by atoms with van der Waals surface area (Å²) in [6.07, 6.45) is 2.94. The number of sulfone groups is 1. The van der Waals surface area contributed by atoms with Gasteiger partial charge in [0.2, 0.25) is 0 Å². The zero-order valence-electron chi connectivity index (χ0n) is 11.7. The van der Waals surface area contributed by atoms with Crippen LogP contribution >= 0.6 is 11.6 Å². The molecule has 1 saturated heterocycles. The van der Waals surface area contributed by atoms with Gasteiger partial charge in [0.25, 0.3) is 0 Å². The Hall–Kier alpha value is -0.740. The predicted octanol–water partition coefficient (Wildman–Crippen LogP) is 2.78. The van der Waals surface area contributed by atoms with E-state index in [4.69, 9.17) is 11.6 Å². The summed E-state index contributed by atoms with van der Waals surface area (Å²) >= 11 is 6.54. The molecule has 2 heterocycles. The normalized spacial score (nSPS) is 26.3. The zero-order chi connectivity index (χ0) is 14.3. The zero-order valence-corrected chi connectivity index (χ0v) is 13.3. The summed E-state index contributed by atoms with van der Waals surface area (Å²) in [7, 11) is -0.757. The summed E-state index contributed by atoms with van der Waals surface area (Å²) in [5.74, 6) is 0.577. The smallest absolute Gasteiger partial charge is 0.150 e. The van der Waals surface area contributed by atoms with Gasteiger partial charge in [-0.05, 0) is 42.4 Å². The highest BCUT2D eigenvalue weighted by atomic mass is 35.5. The topological polar surface area (TPSA) is 37.4 Å².